The van der Waals surface area contributed by atoms with Gasteiger partial charge in [-0.2, -0.15) is 0 Å². The molecule has 2 aromatic rings. The summed E-state index contributed by atoms with van der Waals surface area (Å²) >= 11 is 0. The number of aliphatic hydroxyl groups is 1. The summed E-state index contributed by atoms with van der Waals surface area (Å²) in [7, 11) is 1.83. The van der Waals surface area contributed by atoms with Crippen molar-refractivity contribution in [3.05, 3.63) is 71.3 Å². The third-order valence-corrected chi connectivity index (χ3v) is 12.5. The van der Waals surface area contributed by atoms with Crippen molar-refractivity contribution in [1.82, 2.24) is 4.90 Å². The monoisotopic (exact) mass is 555 g/mol. The Morgan fingerprint density at radius 2 is 1.83 bits per heavy atom. The lowest BCUT2D eigenvalue weighted by atomic mass is 9.35. The zero-order chi connectivity index (χ0) is 28.4. The molecular weight excluding hydrogens is 510 g/mol. The van der Waals surface area contributed by atoms with Gasteiger partial charge in [-0.05, 0) is 74.1 Å². The minimum atomic E-state index is -0.955. The summed E-state index contributed by atoms with van der Waals surface area (Å²) in [6.45, 7) is 11.3. The summed E-state index contributed by atoms with van der Waals surface area (Å²) in [6, 6.07) is 15.2. The summed E-state index contributed by atoms with van der Waals surface area (Å²) in [6.07, 6.45) is 10.3. The number of likely N-dealkylation sites (tertiary alicyclic amines) is 1. The van der Waals surface area contributed by atoms with Gasteiger partial charge < -0.3 is 19.3 Å². The minimum Gasteiger partial charge on any atom is -0.485 e. The number of hydrogen-bond acceptors (Lipinski definition) is 5. The van der Waals surface area contributed by atoms with Gasteiger partial charge in [0.05, 0.1) is 11.0 Å². The first kappa shape index (κ1) is 26.3. The molecule has 2 aliphatic heterocycles. The van der Waals surface area contributed by atoms with Crippen LogP contribution in [0.2, 0.25) is 0 Å². The molecule has 5 heteroatoms. The molecule has 2 spiro atoms. The van der Waals surface area contributed by atoms with Gasteiger partial charge in [0.2, 0.25) is 0 Å². The van der Waals surface area contributed by atoms with Crippen LogP contribution in [0.25, 0.3) is 0 Å². The average molecular weight is 556 g/mol. The molecule has 0 radical (unpaired) electrons. The summed E-state index contributed by atoms with van der Waals surface area (Å²) in [5.74, 6) is 2.48. The fourth-order valence-electron chi connectivity index (χ4n) is 9.78. The Balaban J connectivity index is 1.30. The molecule has 5 nitrogen and oxygen atoms in total. The zero-order valence-electron chi connectivity index (χ0n) is 25.3. The first-order valence-electron chi connectivity index (χ1n) is 15.8. The second kappa shape index (κ2) is 8.39. The van der Waals surface area contributed by atoms with Crippen molar-refractivity contribution in [2.75, 3.05) is 20.2 Å². The van der Waals surface area contributed by atoms with Gasteiger partial charge in [0.15, 0.2) is 11.5 Å². The molecule has 1 unspecified atom stereocenters. The Bertz CT molecular complexity index is 1410. The molecule has 3 fully saturated rings. The normalized spacial score (nSPS) is 37.9. The highest BCUT2D eigenvalue weighted by molar-refractivity contribution is 5.65. The number of rotatable bonds is 7. The maximum absolute atomic E-state index is 12.4. The summed E-state index contributed by atoms with van der Waals surface area (Å²) in [4.78, 5) is 2.82. The fraction of sp³-hybridized carbons (Fsp3) is 0.611. The quantitative estimate of drug-likeness (QED) is 0.421. The molecule has 2 saturated carbocycles. The van der Waals surface area contributed by atoms with E-state index in [1.807, 2.05) is 20.1 Å². The Morgan fingerprint density at radius 3 is 2.54 bits per heavy atom. The third kappa shape index (κ3) is 3.24. The van der Waals surface area contributed by atoms with Crippen molar-refractivity contribution < 1.29 is 19.3 Å². The van der Waals surface area contributed by atoms with Crippen LogP contribution in [0.15, 0.2) is 54.6 Å². The molecule has 0 amide bonds. The lowest BCUT2D eigenvalue weighted by Gasteiger charge is -2.73. The van der Waals surface area contributed by atoms with Crippen molar-refractivity contribution in [2.45, 2.75) is 95.2 Å². The summed E-state index contributed by atoms with van der Waals surface area (Å²) in [5, 5.41) is 12.4. The predicted molar refractivity (Wildman–Crippen MR) is 159 cm³/mol. The van der Waals surface area contributed by atoms with Crippen LogP contribution in [-0.4, -0.2) is 53.6 Å². The minimum absolute atomic E-state index is 0.101. The maximum Gasteiger partial charge on any atom is 0.166 e. The number of benzene rings is 2. The molecule has 0 aromatic heterocycles. The van der Waals surface area contributed by atoms with E-state index in [2.05, 4.69) is 74.2 Å². The lowest BCUT2D eigenvalue weighted by molar-refractivity contribution is -0.263. The van der Waals surface area contributed by atoms with E-state index in [1.54, 1.807) is 0 Å². The van der Waals surface area contributed by atoms with E-state index in [0.29, 0.717) is 12.6 Å². The van der Waals surface area contributed by atoms with Gasteiger partial charge in [-0.15, -0.1) is 0 Å². The van der Waals surface area contributed by atoms with E-state index in [0.717, 1.165) is 48.8 Å². The molecule has 2 heterocycles. The van der Waals surface area contributed by atoms with Crippen molar-refractivity contribution in [1.29, 1.82) is 0 Å². The van der Waals surface area contributed by atoms with Crippen LogP contribution in [0.5, 0.6) is 11.5 Å². The van der Waals surface area contributed by atoms with Crippen LogP contribution in [-0.2, 0) is 23.2 Å². The van der Waals surface area contributed by atoms with Crippen LogP contribution in [0.4, 0.5) is 0 Å². The molecule has 5 aliphatic carbocycles. The summed E-state index contributed by atoms with van der Waals surface area (Å²) < 4.78 is 20.4. The van der Waals surface area contributed by atoms with Gasteiger partial charge in [-0.1, -0.05) is 69.3 Å². The second-order valence-corrected chi connectivity index (χ2v) is 15.2. The van der Waals surface area contributed by atoms with Gasteiger partial charge in [-0.3, -0.25) is 4.90 Å². The highest BCUT2D eigenvalue weighted by atomic mass is 16.6. The molecule has 4 bridgehead atoms. The van der Waals surface area contributed by atoms with E-state index in [-0.39, 0.29) is 28.3 Å². The van der Waals surface area contributed by atoms with Gasteiger partial charge >= 0.3 is 0 Å². The molecule has 41 heavy (non-hydrogen) atoms. The van der Waals surface area contributed by atoms with Gasteiger partial charge in [0, 0.05) is 36.6 Å². The van der Waals surface area contributed by atoms with E-state index >= 15 is 0 Å². The number of ether oxygens (including phenoxy) is 3. The molecule has 2 aromatic carbocycles. The Morgan fingerprint density at radius 1 is 1.05 bits per heavy atom. The zero-order valence-corrected chi connectivity index (χ0v) is 25.3. The predicted octanol–water partition coefficient (Wildman–Crippen LogP) is 6.06. The van der Waals surface area contributed by atoms with E-state index < -0.39 is 11.2 Å². The molecule has 9 rings (SSSR count). The first-order valence-corrected chi connectivity index (χ1v) is 15.8. The second-order valence-electron chi connectivity index (χ2n) is 15.2. The van der Waals surface area contributed by atoms with Crippen molar-refractivity contribution in [2.24, 2.45) is 22.7 Å². The van der Waals surface area contributed by atoms with Crippen LogP contribution in [0.1, 0.15) is 70.1 Å². The number of methoxy groups -OCH3 is 1. The van der Waals surface area contributed by atoms with Crippen LogP contribution >= 0.6 is 0 Å². The average Bonchev–Trinajstić information content (AvgIpc) is 3.70. The highest BCUT2D eigenvalue weighted by Crippen LogP contribution is 2.76. The Labute approximate surface area is 244 Å². The van der Waals surface area contributed by atoms with Crippen LogP contribution < -0.4 is 9.47 Å². The third-order valence-electron chi connectivity index (χ3n) is 12.5. The number of nitrogens with zero attached hydrogens (tertiary/aromatic N) is 1. The molecule has 7 aliphatic rings. The Kier molecular flexibility index (Phi) is 5.38. The van der Waals surface area contributed by atoms with Crippen LogP contribution in [0, 0.1) is 22.7 Å². The number of piperidine rings is 1. The SMILES string of the molecule is CO[C@]12C=C[C@@]3(C[C@@H]1C(C)(O)C(C)(C)C)[C@H]1Cc4ccc(OCc5ccccc5)c5c4[C@@]3(CCN1CC1CC1)[C@H]2O5. The lowest BCUT2D eigenvalue weighted by Crippen LogP contribution is -2.81. The van der Waals surface area contributed by atoms with Gasteiger partial charge in [0.25, 0.3) is 0 Å². The summed E-state index contributed by atoms with van der Waals surface area (Å²) in [5.41, 5.74) is 1.61. The fourth-order valence-corrected chi connectivity index (χ4v) is 9.78. The molecule has 7 atom stereocenters. The number of hydrogen-bond donors (Lipinski definition) is 1. The van der Waals surface area contributed by atoms with E-state index in [1.165, 1.54) is 30.5 Å². The highest BCUT2D eigenvalue weighted by Gasteiger charge is 2.81. The smallest absolute Gasteiger partial charge is 0.166 e. The van der Waals surface area contributed by atoms with Gasteiger partial charge in [-0.25, -0.2) is 0 Å². The van der Waals surface area contributed by atoms with E-state index in [4.69, 9.17) is 14.2 Å². The van der Waals surface area contributed by atoms with Crippen LogP contribution in [0.3, 0.4) is 0 Å². The largest absolute Gasteiger partial charge is 0.485 e. The standard InChI is InChI=1S/C36H45NO4/c1-32(2,3)33(4,38)27-20-34-15-16-36(27,39-5)31-35(34)17-18-37(21-23-11-12-23)28(34)19-25-13-14-26(30(41-31)29(25)35)40-22-24-9-7-6-8-10-24/h6-10,13-16,23,27-28,31,38H,11-12,17-22H2,1-5H3/t27-,28-,31-,33?,34-,35+,36-/m1/s1. The van der Waals surface area contributed by atoms with Gasteiger partial charge in [0.1, 0.15) is 18.3 Å². The van der Waals surface area contributed by atoms with E-state index in [9.17, 15) is 5.11 Å². The molecule has 1 N–H and O–H groups in total. The van der Waals surface area contributed by atoms with Crippen molar-refractivity contribution in [3.63, 3.8) is 0 Å². The first-order chi connectivity index (χ1) is 19.6. The maximum atomic E-state index is 12.4. The molecular formula is C36H45NO4. The van der Waals surface area contributed by atoms with Crippen molar-refractivity contribution >= 4 is 0 Å². The molecule has 218 valence electrons. The molecule has 1 saturated heterocycles. The number of fused-ring (bicyclic) bond motifs is 1. The Hall–Kier alpha value is -2.34. The van der Waals surface area contributed by atoms with Crippen molar-refractivity contribution in [3.8, 4) is 11.5 Å². The topological polar surface area (TPSA) is 51.2 Å².